The Kier molecular flexibility index (Phi) is 17.1. The molecule has 25 heteroatoms. The molecule has 0 unspecified atom stereocenters. The summed E-state index contributed by atoms with van der Waals surface area (Å²) in [5.74, 6) is -10.5. The predicted molar refractivity (Wildman–Crippen MR) is 304 cm³/mol. The van der Waals surface area contributed by atoms with Crippen molar-refractivity contribution in [1.82, 2.24) is 29.1 Å². The molecule has 460 valence electrons. The van der Waals surface area contributed by atoms with Crippen LogP contribution in [-0.2, 0) is 40.3 Å². The van der Waals surface area contributed by atoms with Crippen molar-refractivity contribution in [3.63, 3.8) is 0 Å². The monoisotopic (exact) mass is 1250 g/mol. The molecule has 4 aromatic heterocycles. The van der Waals surface area contributed by atoms with Gasteiger partial charge in [-0.1, -0.05) is 24.3 Å². The number of nitriles is 2. The van der Waals surface area contributed by atoms with E-state index in [0.717, 1.165) is 36.4 Å². The highest BCUT2D eigenvalue weighted by atomic mass is 19.3. The van der Waals surface area contributed by atoms with Gasteiger partial charge in [0, 0.05) is 47.2 Å². The molecule has 6 heterocycles. The number of alkyl halides is 4. The summed E-state index contributed by atoms with van der Waals surface area (Å²) in [6, 6.07) is 28.8. The molecule has 2 fully saturated rings. The van der Waals surface area contributed by atoms with Gasteiger partial charge in [-0.3, -0.25) is 0 Å². The quantitative estimate of drug-likeness (QED) is 0.0449. The highest BCUT2D eigenvalue weighted by Crippen LogP contribution is 2.39. The van der Waals surface area contributed by atoms with E-state index in [2.05, 4.69) is 19.9 Å². The molecule has 0 radical (unpaired) electrons. The first-order valence-electron chi connectivity index (χ1n) is 27.9. The molecule has 10 aromatic rings. The van der Waals surface area contributed by atoms with Crippen molar-refractivity contribution >= 4 is 34.0 Å². The second-order valence-electron chi connectivity index (χ2n) is 21.4. The first-order valence-corrected chi connectivity index (χ1v) is 27.9. The van der Waals surface area contributed by atoms with Crippen LogP contribution >= 0.6 is 0 Å². The largest absolute Gasteiger partial charge is 0.473 e. The van der Waals surface area contributed by atoms with Crippen molar-refractivity contribution in [1.29, 1.82) is 10.5 Å². The van der Waals surface area contributed by atoms with Gasteiger partial charge in [-0.05, 0) is 108 Å². The van der Waals surface area contributed by atoms with Gasteiger partial charge in [0.15, 0.2) is 0 Å². The van der Waals surface area contributed by atoms with Crippen molar-refractivity contribution in [2.45, 2.75) is 51.0 Å². The van der Waals surface area contributed by atoms with Crippen LogP contribution in [0, 0.1) is 69.4 Å². The van der Waals surface area contributed by atoms with Gasteiger partial charge in [0.2, 0.25) is 24.6 Å². The Morgan fingerprint density at radius 1 is 0.495 bits per heavy atom. The van der Waals surface area contributed by atoms with Crippen LogP contribution in [0.1, 0.15) is 77.8 Å². The molecule has 0 N–H and O–H groups in total. The molecule has 2 aliphatic heterocycles. The number of pyridine rings is 2. The van der Waals surface area contributed by atoms with E-state index in [1.165, 1.54) is 106 Å². The molecule has 4 atom stereocenters. The van der Waals surface area contributed by atoms with E-state index in [-0.39, 0.29) is 152 Å². The van der Waals surface area contributed by atoms with Gasteiger partial charge in [-0.25, -0.2) is 73.4 Å². The van der Waals surface area contributed by atoms with Crippen molar-refractivity contribution in [2.75, 3.05) is 26.4 Å². The Morgan fingerprint density at radius 2 is 0.912 bits per heavy atom. The first kappa shape index (κ1) is 60.8. The number of halogens is 10. The molecular weight excluding hydrogens is 1210 g/mol. The van der Waals surface area contributed by atoms with Crippen LogP contribution in [0.2, 0.25) is 0 Å². The van der Waals surface area contributed by atoms with E-state index in [1.54, 1.807) is 0 Å². The molecule has 0 amide bonds. The zero-order valence-electron chi connectivity index (χ0n) is 47.0. The smallest absolute Gasteiger partial charge is 0.346 e. The van der Waals surface area contributed by atoms with Crippen molar-refractivity contribution < 1.29 is 77.2 Å². The first-order chi connectivity index (χ1) is 43.9. The Labute approximate surface area is 509 Å². The third-order valence-electron chi connectivity index (χ3n) is 15.8. The summed E-state index contributed by atoms with van der Waals surface area (Å²) < 4.78 is 183. The van der Waals surface area contributed by atoms with Gasteiger partial charge in [0.05, 0.1) is 118 Å². The van der Waals surface area contributed by atoms with E-state index in [9.17, 15) is 35.9 Å². The van der Waals surface area contributed by atoms with Crippen LogP contribution < -0.4 is 9.47 Å². The minimum Gasteiger partial charge on any atom is -0.473 e. The number of fused-ring (bicyclic) bond motifs is 2. The second-order valence-corrected chi connectivity index (χ2v) is 21.4. The SMILES string of the molecule is N#Cc1ccc(COc2cccc(-c3cc(F)c(Cc4nc5ccc(C(=O)OC(=O)c6ccc7nc(Cc8cc(F)c(-c9cccc(OCc%10ccc(C#N)cc%10F)n9)cc8F)n([C@H]8COC[C@@H]8C(F)F)c7c6)cc5n4[C@H]4COC[C@@H]4C(F)F)cc3F)n2)c(F)c1. The third kappa shape index (κ3) is 12.5. The number of rotatable bonds is 18. The lowest BCUT2D eigenvalue weighted by molar-refractivity contribution is 0.0396. The van der Waals surface area contributed by atoms with Gasteiger partial charge >= 0.3 is 11.9 Å². The summed E-state index contributed by atoms with van der Waals surface area (Å²) in [6.45, 7) is -1.88. The van der Waals surface area contributed by atoms with Crippen LogP contribution in [0.25, 0.3) is 44.6 Å². The third-order valence-corrected chi connectivity index (χ3v) is 15.8. The maximum Gasteiger partial charge on any atom is 0.346 e. The zero-order valence-corrected chi connectivity index (χ0v) is 47.0. The minimum absolute atomic E-state index is 0.0219. The standard InChI is InChI=1S/C66H44F10N8O7/c67-45-15-33(25-77)7-9-37(45)27-89-61-5-1-3-51(81-61)41-23-47(69)39(17-49(41)71)21-59-79-53-13-11-35(19-55(53)83(59)57-31-87-29-43(57)63(73)74)65(85)91-66(86)36-12-14-54-56(20-36)84(58-32-88-30-44(58)64(75)76)60(80-54)22-40-18-50(72)42(24-48(40)70)52-4-2-6-62(82-52)90-28-38-10-8-34(26-78)16-46(38)68/h1-20,23-24,43-44,57-58,63-64H,21-22,27-32H2/t43-,44-,57-,58-/m0/s1. The average molecular weight is 1250 g/mol. The molecule has 6 aromatic carbocycles. The summed E-state index contributed by atoms with van der Waals surface area (Å²) in [5, 5.41) is 18.1. The Hall–Kier alpha value is -10.5. The maximum absolute atomic E-state index is 16.2. The topological polar surface area (TPSA) is 189 Å². The van der Waals surface area contributed by atoms with Crippen LogP contribution in [0.4, 0.5) is 43.9 Å². The number of imidazole rings is 2. The average Bonchev–Trinajstić information content (AvgIpc) is 1.65. The Balaban J connectivity index is 0.796. The number of ether oxygens (including phenoxy) is 5. The summed E-state index contributed by atoms with van der Waals surface area (Å²) >= 11 is 0. The predicted octanol–water partition coefficient (Wildman–Crippen LogP) is 13.3. The van der Waals surface area contributed by atoms with Crippen molar-refractivity contribution in [2.24, 2.45) is 11.8 Å². The van der Waals surface area contributed by atoms with Crippen LogP contribution in [0.3, 0.4) is 0 Å². The van der Waals surface area contributed by atoms with Crippen molar-refractivity contribution in [3.8, 4) is 46.4 Å². The van der Waals surface area contributed by atoms with Gasteiger partial charge < -0.3 is 32.8 Å². The van der Waals surface area contributed by atoms with Gasteiger partial charge in [0.25, 0.3) is 0 Å². The Morgan fingerprint density at radius 3 is 1.31 bits per heavy atom. The van der Waals surface area contributed by atoms with Crippen LogP contribution in [0.15, 0.2) is 133 Å². The summed E-state index contributed by atoms with van der Waals surface area (Å²) in [7, 11) is 0. The van der Waals surface area contributed by atoms with Gasteiger partial charge in [-0.15, -0.1) is 0 Å². The van der Waals surface area contributed by atoms with Crippen LogP contribution in [0.5, 0.6) is 11.8 Å². The number of hydrogen-bond donors (Lipinski definition) is 0. The summed E-state index contributed by atoms with van der Waals surface area (Å²) in [4.78, 5) is 45.7. The number of carbonyl (C=O) groups excluding carboxylic acids is 2. The summed E-state index contributed by atoms with van der Waals surface area (Å²) in [5.41, 5.74) is -0.838. The molecule has 15 nitrogen and oxygen atoms in total. The van der Waals surface area contributed by atoms with Gasteiger partial charge in [-0.2, -0.15) is 10.5 Å². The molecule has 0 spiro atoms. The molecule has 12 rings (SSSR count). The fourth-order valence-electron chi connectivity index (χ4n) is 11.1. The van der Waals surface area contributed by atoms with E-state index < -0.39 is 96.5 Å². The van der Waals surface area contributed by atoms with Gasteiger partial charge in [0.1, 0.15) is 59.8 Å². The zero-order chi connectivity index (χ0) is 63.8. The Bertz CT molecular complexity index is 4320. The molecule has 0 bridgehead atoms. The number of benzene rings is 6. The normalized spacial score (nSPS) is 16.4. The van der Waals surface area contributed by atoms with Crippen molar-refractivity contribution in [3.05, 3.63) is 225 Å². The lowest BCUT2D eigenvalue weighted by Gasteiger charge is -2.22. The fourth-order valence-corrected chi connectivity index (χ4v) is 11.1. The molecule has 0 saturated carbocycles. The summed E-state index contributed by atoms with van der Waals surface area (Å²) in [6.07, 6.45) is -6.76. The number of esters is 2. The number of carbonyl (C=O) groups is 2. The van der Waals surface area contributed by atoms with E-state index in [1.807, 2.05) is 12.1 Å². The minimum atomic E-state index is -2.92. The van der Waals surface area contributed by atoms with E-state index in [4.69, 9.17) is 34.2 Å². The van der Waals surface area contributed by atoms with E-state index in [0.29, 0.717) is 0 Å². The fraction of sp³-hybridized carbons (Fsp3) is 0.212. The van der Waals surface area contributed by atoms with E-state index >= 15 is 17.6 Å². The number of nitrogens with zero attached hydrogens (tertiary/aromatic N) is 8. The lowest BCUT2D eigenvalue weighted by atomic mass is 10.0. The molecule has 91 heavy (non-hydrogen) atoms. The lowest BCUT2D eigenvalue weighted by Crippen LogP contribution is -2.25. The molecule has 0 aliphatic carbocycles. The molecule has 2 saturated heterocycles. The highest BCUT2D eigenvalue weighted by molar-refractivity contribution is 6.05. The highest BCUT2D eigenvalue weighted by Gasteiger charge is 2.40. The molecule has 2 aliphatic rings. The molecular formula is C66H44F10N8O7. The van der Waals surface area contributed by atoms with Crippen LogP contribution in [-0.4, -0.2) is 80.3 Å². The second kappa shape index (κ2) is 25.5. The number of aromatic nitrogens is 6. The number of hydrogen-bond acceptors (Lipinski definition) is 13. The maximum atomic E-state index is 16.2.